The summed E-state index contributed by atoms with van der Waals surface area (Å²) in [5, 5.41) is 26.2. The van der Waals surface area contributed by atoms with E-state index in [2.05, 4.69) is 64.5 Å². The number of hydrogen-bond donors (Lipinski definition) is 3. The summed E-state index contributed by atoms with van der Waals surface area (Å²) in [7, 11) is 0. The van der Waals surface area contributed by atoms with Crippen LogP contribution >= 0.6 is 46.1 Å². The number of aromatic nitrogens is 14. The van der Waals surface area contributed by atoms with E-state index in [4.69, 9.17) is 55.5 Å². The zero-order chi connectivity index (χ0) is 92.4. The normalized spacial score (nSPS) is 17.2. The van der Waals surface area contributed by atoms with Crippen molar-refractivity contribution >= 4 is 131 Å². The molecule has 0 spiro atoms. The van der Waals surface area contributed by atoms with Gasteiger partial charge in [0.1, 0.15) is 58.2 Å². The second-order valence-electron chi connectivity index (χ2n) is 33.5. The molecule has 34 heteroatoms. The van der Waals surface area contributed by atoms with Crippen LogP contribution in [0.4, 0.5) is 27.7 Å². The van der Waals surface area contributed by atoms with E-state index in [9.17, 15) is 39.0 Å². The molecule has 3 fully saturated rings. The highest BCUT2D eigenvalue weighted by molar-refractivity contribution is 7.11. The Morgan fingerprint density at radius 3 is 1.30 bits per heavy atom. The number of piperazine rings is 3. The molecule has 0 bridgehead atoms. The molecular weight excluding hydrogens is 1710 g/mol. The maximum atomic E-state index is 15.0. The summed E-state index contributed by atoms with van der Waals surface area (Å²) in [4.78, 5) is 143. The van der Waals surface area contributed by atoms with E-state index in [0.717, 1.165) is 43.2 Å². The van der Waals surface area contributed by atoms with Crippen molar-refractivity contribution in [2.45, 2.75) is 165 Å². The van der Waals surface area contributed by atoms with Crippen molar-refractivity contribution in [2.75, 3.05) is 59.7 Å². The minimum atomic E-state index is -0.747. The van der Waals surface area contributed by atoms with Crippen LogP contribution in [0.2, 0.25) is 15.1 Å². The molecule has 0 radical (unpaired) electrons. The summed E-state index contributed by atoms with van der Waals surface area (Å²) in [6.07, 6.45) is 8.74. The van der Waals surface area contributed by atoms with E-state index in [1.165, 1.54) is 58.0 Å². The standard InChI is InChI=1S/C35H35ClN6O3.C30H34ClN7O2S.C29H30ClFN8O3/c1-7-29(44)40-17-22(6)41(18-21(40)5)33-27-16-28(36)31(26-15-24(43)14-23-10-8-9-11-25(23)26)38-34(27)42(35(45)39-33)32-20(4)12-13-37-30(32)19(2)3;1-9-23(39)36-13-18(6)37(14-17(36)5)28-21-12-22(31)26(25-19(7)41-20(8)33-25)34-29(21)38(30(40)35-28)27-16(4)10-11-32-24(27)15(2)3;1-6-21(41)37-11-16(5)38(12-15(37)4)27-17-10-18(30)24(22-19(31)8-7-9-20(22)40)35-28(17)39(29(42)36-27)25-23(14(2)3)33-13-34-26(25)32/h7-16,19,21-22,43H,1,17-18H2,2-6H3;9-12,15,17-18H,1,13-14H2,2-8H3;6-10,13-16,40H,1,11-12H2,2-5H3,(H2,32,33,34). The third-order valence-corrected chi connectivity index (χ3v) is 25.3. The molecule has 6 unspecified atom stereocenters. The van der Waals surface area contributed by atoms with Gasteiger partial charge in [-0.25, -0.2) is 62.4 Å². The number of fused-ring (bicyclic) bond motifs is 4. The number of aromatic hydroxyl groups is 2. The van der Waals surface area contributed by atoms with E-state index >= 15 is 4.39 Å². The Balaban J connectivity index is 0.000000156. The van der Waals surface area contributed by atoms with Crippen LogP contribution < -0.4 is 37.5 Å². The number of hydrogen-bond acceptors (Lipinski definition) is 24. The number of phenols is 2. The number of carbonyl (C=O) groups is 3. The van der Waals surface area contributed by atoms with Gasteiger partial charge in [-0.3, -0.25) is 24.4 Å². The van der Waals surface area contributed by atoms with Gasteiger partial charge in [-0.05, 0) is 182 Å². The quantitative estimate of drug-likeness (QED) is 0.0803. The minimum absolute atomic E-state index is 0.0136. The van der Waals surface area contributed by atoms with Crippen molar-refractivity contribution in [3.05, 3.63) is 232 Å². The number of thiazole rings is 1. The summed E-state index contributed by atoms with van der Waals surface area (Å²) >= 11 is 22.2. The lowest BCUT2D eigenvalue weighted by Gasteiger charge is -2.44. The minimum Gasteiger partial charge on any atom is -0.508 e. The molecule has 29 nitrogen and oxygen atoms in total. The lowest BCUT2D eigenvalue weighted by Crippen LogP contribution is -2.58. The topological polar surface area (TPSA) is 345 Å². The number of aryl methyl sites for hydroxylation is 4. The number of phenolic OH excluding ortho intramolecular Hbond substituents is 2. The summed E-state index contributed by atoms with van der Waals surface area (Å²) in [6.45, 7) is 45.0. The molecule has 13 aromatic rings. The number of pyridine rings is 5. The van der Waals surface area contributed by atoms with Gasteiger partial charge in [0, 0.05) is 98.4 Å². The first-order valence-electron chi connectivity index (χ1n) is 42.0. The fourth-order valence-corrected chi connectivity index (χ4v) is 18.8. The first-order valence-corrected chi connectivity index (χ1v) is 44.0. The van der Waals surface area contributed by atoms with Crippen LogP contribution in [0, 0.1) is 33.5 Å². The SMILES string of the molecule is C=CC(=O)N1CC(C)N(c2nc(=O)n(-c3c(C)ccnc3C(C)C)c3nc(-c4cc(O)cc5ccccc45)c(Cl)cc23)CC1C.C=CC(=O)N1CC(C)N(c2nc(=O)n(-c3c(C)ccnc3C(C)C)c3nc(-c4nc(C)sc4C)c(Cl)cc23)CC1C.C=CC(=O)N1CC(C)N(c2nc(=O)n(-c3c(N)ncnc3C(C)C)c3nc(-c4c(O)cccc4F)c(Cl)cc23)CC1C. The molecule has 0 saturated carbocycles. The molecule has 3 saturated heterocycles. The first-order chi connectivity index (χ1) is 60.9. The molecule has 128 heavy (non-hydrogen) atoms. The number of nitrogens with zero attached hydrogens (tertiary/aromatic N) is 20. The lowest BCUT2D eigenvalue weighted by atomic mass is 10.0. The second-order valence-corrected chi connectivity index (χ2v) is 36.2. The van der Waals surface area contributed by atoms with Gasteiger partial charge in [0.05, 0.1) is 81.6 Å². The number of carbonyl (C=O) groups excluding carboxylic acids is 3. The molecule has 16 rings (SSSR count). The van der Waals surface area contributed by atoms with Gasteiger partial charge in [-0.15, -0.1) is 11.3 Å². The molecule has 6 atom stereocenters. The lowest BCUT2D eigenvalue weighted by molar-refractivity contribution is -0.129. The summed E-state index contributed by atoms with van der Waals surface area (Å²) in [6, 6.07) is 22.8. The van der Waals surface area contributed by atoms with Crippen LogP contribution in [-0.4, -0.2) is 187 Å². The average Bonchev–Trinajstić information content (AvgIpc) is 1.69. The molecule has 13 heterocycles. The Morgan fingerprint density at radius 1 is 0.477 bits per heavy atom. The number of benzene rings is 3. The van der Waals surface area contributed by atoms with Gasteiger partial charge in [0.15, 0.2) is 22.8 Å². The maximum Gasteiger partial charge on any atom is 0.356 e. The van der Waals surface area contributed by atoms with Crippen molar-refractivity contribution in [3.8, 4) is 62.5 Å². The third-order valence-electron chi connectivity index (χ3n) is 23.5. The van der Waals surface area contributed by atoms with Crippen LogP contribution in [0.5, 0.6) is 11.5 Å². The Morgan fingerprint density at radius 2 is 0.883 bits per heavy atom. The molecule has 3 aliphatic heterocycles. The molecule has 3 aliphatic rings. The maximum absolute atomic E-state index is 15.0. The van der Waals surface area contributed by atoms with Crippen LogP contribution in [0.1, 0.15) is 139 Å². The van der Waals surface area contributed by atoms with Crippen molar-refractivity contribution in [2.24, 2.45) is 0 Å². The van der Waals surface area contributed by atoms with Crippen LogP contribution in [0.3, 0.4) is 0 Å². The molecule has 3 aromatic carbocycles. The van der Waals surface area contributed by atoms with E-state index in [1.807, 2.05) is 163 Å². The Labute approximate surface area is 757 Å². The third kappa shape index (κ3) is 17.1. The fourth-order valence-electron chi connectivity index (χ4n) is 17.3. The predicted molar refractivity (Wildman–Crippen MR) is 505 cm³/mol. The highest BCUT2D eigenvalue weighted by Gasteiger charge is 2.39. The van der Waals surface area contributed by atoms with Crippen LogP contribution in [0.15, 0.2) is 156 Å². The predicted octanol–water partition coefficient (Wildman–Crippen LogP) is 16.1. The smallest absolute Gasteiger partial charge is 0.356 e. The van der Waals surface area contributed by atoms with Crippen molar-refractivity contribution < 1.29 is 29.0 Å². The van der Waals surface area contributed by atoms with Crippen molar-refractivity contribution in [1.82, 2.24) is 83.2 Å². The number of nitrogens with two attached hydrogens (primary N) is 1. The van der Waals surface area contributed by atoms with Crippen LogP contribution in [0.25, 0.3) is 94.8 Å². The van der Waals surface area contributed by atoms with Gasteiger partial charge in [0.2, 0.25) is 17.7 Å². The number of halogens is 4. The Bertz CT molecular complexity index is 6860. The van der Waals surface area contributed by atoms with Crippen molar-refractivity contribution in [3.63, 3.8) is 0 Å². The summed E-state index contributed by atoms with van der Waals surface area (Å²) in [5.41, 5.74) is 12.7. The van der Waals surface area contributed by atoms with Gasteiger partial charge in [0.25, 0.3) is 0 Å². The average molecular weight is 1810 g/mol. The van der Waals surface area contributed by atoms with Gasteiger partial charge >= 0.3 is 17.1 Å². The largest absolute Gasteiger partial charge is 0.508 e. The number of rotatable bonds is 15. The zero-order valence-electron chi connectivity index (χ0n) is 73.9. The molecule has 4 N–H and O–H groups in total. The summed E-state index contributed by atoms with van der Waals surface area (Å²) < 4.78 is 19.3. The molecular formula is C94H99Cl3FN21O8S. The van der Waals surface area contributed by atoms with Gasteiger partial charge in [-0.2, -0.15) is 15.0 Å². The Hall–Kier alpha value is -13.0. The fraction of sp³-hybridized carbons (Fsp3) is 0.330. The highest BCUT2D eigenvalue weighted by atomic mass is 35.5. The highest BCUT2D eigenvalue weighted by Crippen LogP contribution is 2.45. The van der Waals surface area contributed by atoms with E-state index in [1.54, 1.807) is 61.2 Å². The first kappa shape index (κ1) is 91.2. The Kier molecular flexibility index (Phi) is 26.2. The van der Waals surface area contributed by atoms with E-state index < -0.39 is 22.9 Å². The number of anilines is 4. The van der Waals surface area contributed by atoms with E-state index in [0.29, 0.717) is 128 Å². The number of nitrogen functional groups attached to an aromatic ring is 1. The molecule has 10 aromatic heterocycles. The molecule has 662 valence electrons. The molecule has 3 amide bonds. The van der Waals surface area contributed by atoms with Crippen molar-refractivity contribution in [1.29, 1.82) is 0 Å². The summed E-state index contributed by atoms with van der Waals surface area (Å²) in [5.74, 6) is -0.326. The number of amides is 3. The van der Waals surface area contributed by atoms with Crippen LogP contribution in [-0.2, 0) is 14.4 Å². The zero-order valence-corrected chi connectivity index (χ0v) is 77.0. The van der Waals surface area contributed by atoms with Gasteiger partial charge < -0.3 is 45.3 Å². The van der Waals surface area contributed by atoms with Gasteiger partial charge in [-0.1, -0.05) is 126 Å². The monoisotopic (exact) mass is 1810 g/mol. The second kappa shape index (κ2) is 36.8. The van der Waals surface area contributed by atoms with E-state index in [-0.39, 0.29) is 122 Å². The molecule has 0 aliphatic carbocycles.